The van der Waals surface area contributed by atoms with Crippen LogP contribution in [0.1, 0.15) is 6.42 Å². The predicted molar refractivity (Wildman–Crippen MR) is 34.4 cm³/mol. The molecule has 1 rings (SSSR count). The number of rotatable bonds is 0. The summed E-state index contributed by atoms with van der Waals surface area (Å²) in [7, 11) is 2.10. The molecule has 0 saturated carbocycles. The monoisotopic (exact) mass is 112 g/mol. The predicted octanol–water partition coefficient (Wildman–Crippen LogP) is 0.164. The molecule has 0 bridgehead atoms. The molecule has 0 aromatic heterocycles. The Balaban J connectivity index is 2.42. The summed E-state index contributed by atoms with van der Waals surface area (Å²) in [6.45, 7) is 2.13. The van der Waals surface area contributed by atoms with Crippen LogP contribution in [-0.4, -0.2) is 25.0 Å². The molecule has 8 heavy (non-hydrogen) atoms. The van der Waals surface area contributed by atoms with Crippen molar-refractivity contribution in [3.05, 3.63) is 11.8 Å². The number of hydrogen-bond acceptors (Lipinski definition) is 2. The van der Waals surface area contributed by atoms with Gasteiger partial charge in [-0.25, -0.2) is 0 Å². The maximum absolute atomic E-state index is 5.53. The maximum Gasteiger partial charge on any atom is 0.0180 e. The molecule has 0 amide bonds. The van der Waals surface area contributed by atoms with Gasteiger partial charge in [0.2, 0.25) is 0 Å². The summed E-state index contributed by atoms with van der Waals surface area (Å²) in [5.41, 5.74) is 6.58. The van der Waals surface area contributed by atoms with E-state index in [-0.39, 0.29) is 0 Å². The third kappa shape index (κ3) is 1.23. The van der Waals surface area contributed by atoms with Crippen molar-refractivity contribution in [2.24, 2.45) is 5.73 Å². The topological polar surface area (TPSA) is 29.3 Å². The van der Waals surface area contributed by atoms with Gasteiger partial charge in [0, 0.05) is 18.8 Å². The summed E-state index contributed by atoms with van der Waals surface area (Å²) in [5.74, 6) is 0. The van der Waals surface area contributed by atoms with E-state index in [0.29, 0.717) is 0 Å². The van der Waals surface area contributed by atoms with Crippen molar-refractivity contribution in [3.8, 4) is 0 Å². The summed E-state index contributed by atoms with van der Waals surface area (Å²) in [6, 6.07) is 0. The second kappa shape index (κ2) is 2.18. The van der Waals surface area contributed by atoms with Gasteiger partial charge >= 0.3 is 0 Å². The molecular formula is C6H12N2. The first kappa shape index (κ1) is 5.63. The Morgan fingerprint density at radius 2 is 2.50 bits per heavy atom. The van der Waals surface area contributed by atoms with E-state index in [1.165, 1.54) is 0 Å². The van der Waals surface area contributed by atoms with Crippen molar-refractivity contribution >= 4 is 0 Å². The first-order valence-electron chi connectivity index (χ1n) is 2.92. The highest BCUT2D eigenvalue weighted by Gasteiger charge is 2.02. The van der Waals surface area contributed by atoms with E-state index in [4.69, 9.17) is 5.73 Å². The summed E-state index contributed by atoms with van der Waals surface area (Å²) in [4.78, 5) is 2.25. The van der Waals surface area contributed by atoms with Crippen LogP contribution >= 0.6 is 0 Å². The van der Waals surface area contributed by atoms with Gasteiger partial charge in [-0.3, -0.25) is 0 Å². The van der Waals surface area contributed by atoms with Crippen LogP contribution in [0.4, 0.5) is 0 Å². The summed E-state index contributed by atoms with van der Waals surface area (Å²) in [5, 5.41) is 0. The minimum atomic E-state index is 1.02. The van der Waals surface area contributed by atoms with Gasteiger partial charge in [0.25, 0.3) is 0 Å². The molecule has 2 heteroatoms. The van der Waals surface area contributed by atoms with E-state index in [2.05, 4.69) is 18.0 Å². The Labute approximate surface area is 50.0 Å². The van der Waals surface area contributed by atoms with Crippen LogP contribution in [0.25, 0.3) is 0 Å². The zero-order valence-electron chi connectivity index (χ0n) is 5.22. The second-order valence-electron chi connectivity index (χ2n) is 2.29. The second-order valence-corrected chi connectivity index (χ2v) is 2.29. The zero-order chi connectivity index (χ0) is 5.98. The number of nitrogens with two attached hydrogens (primary N) is 1. The Bertz CT molecular complexity index is 107. The standard InChI is InChI=1S/C6H12N2/c1-8-4-2-6(7)3-5-8/h2H,3-5,7H2,1H3. The highest BCUT2D eigenvalue weighted by molar-refractivity contribution is 5.01. The van der Waals surface area contributed by atoms with E-state index in [0.717, 1.165) is 25.2 Å². The third-order valence-corrected chi connectivity index (χ3v) is 1.45. The van der Waals surface area contributed by atoms with Crippen LogP contribution in [-0.2, 0) is 0 Å². The van der Waals surface area contributed by atoms with Crippen LogP contribution in [0, 0.1) is 0 Å². The van der Waals surface area contributed by atoms with Crippen molar-refractivity contribution in [3.63, 3.8) is 0 Å². The van der Waals surface area contributed by atoms with Gasteiger partial charge in [-0.15, -0.1) is 0 Å². The molecule has 0 saturated heterocycles. The van der Waals surface area contributed by atoms with E-state index in [1.54, 1.807) is 0 Å². The lowest BCUT2D eigenvalue weighted by molar-refractivity contribution is 0.358. The molecule has 1 heterocycles. The molecule has 46 valence electrons. The highest BCUT2D eigenvalue weighted by Crippen LogP contribution is 2.01. The van der Waals surface area contributed by atoms with Crippen molar-refractivity contribution in [2.45, 2.75) is 6.42 Å². The van der Waals surface area contributed by atoms with E-state index in [9.17, 15) is 0 Å². The lowest BCUT2D eigenvalue weighted by Gasteiger charge is -2.19. The van der Waals surface area contributed by atoms with Crippen molar-refractivity contribution in [1.82, 2.24) is 4.90 Å². The van der Waals surface area contributed by atoms with Crippen LogP contribution in [0.3, 0.4) is 0 Å². The number of hydrogen-bond donors (Lipinski definition) is 1. The summed E-state index contributed by atoms with van der Waals surface area (Å²) < 4.78 is 0. The summed E-state index contributed by atoms with van der Waals surface area (Å²) in [6.07, 6.45) is 3.11. The quantitative estimate of drug-likeness (QED) is 0.484. The van der Waals surface area contributed by atoms with Gasteiger partial charge < -0.3 is 10.6 Å². The van der Waals surface area contributed by atoms with E-state index in [1.807, 2.05) is 0 Å². The lowest BCUT2D eigenvalue weighted by Crippen LogP contribution is -2.26. The van der Waals surface area contributed by atoms with Gasteiger partial charge in [0.15, 0.2) is 0 Å². The van der Waals surface area contributed by atoms with Crippen LogP contribution in [0.5, 0.6) is 0 Å². The molecule has 0 fully saturated rings. The fourth-order valence-corrected chi connectivity index (χ4v) is 0.786. The molecule has 1 aliphatic rings. The van der Waals surface area contributed by atoms with Gasteiger partial charge in [-0.05, 0) is 13.5 Å². The third-order valence-electron chi connectivity index (χ3n) is 1.45. The molecule has 0 radical (unpaired) electrons. The molecule has 1 aliphatic heterocycles. The van der Waals surface area contributed by atoms with Crippen molar-refractivity contribution in [1.29, 1.82) is 0 Å². The van der Waals surface area contributed by atoms with Crippen LogP contribution in [0.2, 0.25) is 0 Å². The van der Waals surface area contributed by atoms with Crippen molar-refractivity contribution in [2.75, 3.05) is 20.1 Å². The number of likely N-dealkylation sites (N-methyl/N-ethyl adjacent to an activating group) is 1. The zero-order valence-corrected chi connectivity index (χ0v) is 5.22. The first-order valence-corrected chi connectivity index (χ1v) is 2.92. The molecule has 2 nitrogen and oxygen atoms in total. The molecule has 0 unspecified atom stereocenters. The van der Waals surface area contributed by atoms with E-state index < -0.39 is 0 Å². The largest absolute Gasteiger partial charge is 0.402 e. The molecule has 0 aliphatic carbocycles. The Morgan fingerprint density at radius 3 is 2.88 bits per heavy atom. The molecular weight excluding hydrogens is 100 g/mol. The smallest absolute Gasteiger partial charge is 0.0180 e. The minimum Gasteiger partial charge on any atom is -0.402 e. The molecule has 0 aromatic rings. The average Bonchev–Trinajstić information content (AvgIpc) is 1.77. The molecule has 0 aromatic carbocycles. The average molecular weight is 112 g/mol. The minimum absolute atomic E-state index is 1.02. The normalized spacial score (nSPS) is 22.9. The number of nitrogens with zero attached hydrogens (tertiary/aromatic N) is 1. The molecule has 0 spiro atoms. The molecule has 0 atom stereocenters. The van der Waals surface area contributed by atoms with Crippen molar-refractivity contribution < 1.29 is 0 Å². The first-order chi connectivity index (χ1) is 3.79. The van der Waals surface area contributed by atoms with Gasteiger partial charge in [0.05, 0.1) is 0 Å². The fraction of sp³-hybridized carbons (Fsp3) is 0.667. The van der Waals surface area contributed by atoms with E-state index >= 15 is 0 Å². The Morgan fingerprint density at radius 1 is 1.75 bits per heavy atom. The molecule has 2 N–H and O–H groups in total. The summed E-state index contributed by atoms with van der Waals surface area (Å²) >= 11 is 0. The maximum atomic E-state index is 5.53. The van der Waals surface area contributed by atoms with Crippen LogP contribution in [0.15, 0.2) is 11.8 Å². The van der Waals surface area contributed by atoms with Gasteiger partial charge in [-0.2, -0.15) is 0 Å². The van der Waals surface area contributed by atoms with Crippen LogP contribution < -0.4 is 5.73 Å². The Kier molecular flexibility index (Phi) is 1.53. The van der Waals surface area contributed by atoms with Gasteiger partial charge in [0.1, 0.15) is 0 Å². The SMILES string of the molecule is CN1CC=C(N)CC1. The highest BCUT2D eigenvalue weighted by atomic mass is 15.1. The lowest BCUT2D eigenvalue weighted by atomic mass is 10.2. The Hall–Kier alpha value is -0.500. The van der Waals surface area contributed by atoms with Gasteiger partial charge in [-0.1, -0.05) is 6.08 Å². The fourth-order valence-electron chi connectivity index (χ4n) is 0.786.